The molecule has 0 aromatic carbocycles. The lowest BCUT2D eigenvalue weighted by Gasteiger charge is -2.39. The highest BCUT2D eigenvalue weighted by Crippen LogP contribution is 2.38. The molecule has 0 aromatic rings. The summed E-state index contributed by atoms with van der Waals surface area (Å²) < 4.78 is 5.64. The molecule has 2 fully saturated rings. The van der Waals surface area contributed by atoms with E-state index in [0.29, 0.717) is 5.92 Å². The number of ether oxygens (including phenoxy) is 1. The quantitative estimate of drug-likeness (QED) is 0.750. The summed E-state index contributed by atoms with van der Waals surface area (Å²) in [7, 11) is 0. The molecule has 0 spiro atoms. The predicted octanol–water partition coefficient (Wildman–Crippen LogP) is 3.35. The highest BCUT2D eigenvalue weighted by atomic mass is 16.5. The first-order valence-electron chi connectivity index (χ1n) is 7.48. The van der Waals surface area contributed by atoms with Gasteiger partial charge in [-0.05, 0) is 43.9 Å². The van der Waals surface area contributed by atoms with Crippen molar-refractivity contribution < 1.29 is 4.74 Å². The molecule has 1 saturated carbocycles. The van der Waals surface area contributed by atoms with Crippen LogP contribution in [0.5, 0.6) is 0 Å². The monoisotopic (exact) mass is 239 g/mol. The van der Waals surface area contributed by atoms with Gasteiger partial charge >= 0.3 is 0 Å². The van der Waals surface area contributed by atoms with Crippen molar-refractivity contribution in [3.05, 3.63) is 0 Å². The smallest absolute Gasteiger partial charge is 0.0511 e. The van der Waals surface area contributed by atoms with Gasteiger partial charge in [-0.1, -0.05) is 26.7 Å². The molecule has 2 heteroatoms. The second-order valence-corrected chi connectivity index (χ2v) is 6.58. The van der Waals surface area contributed by atoms with E-state index in [-0.39, 0.29) is 5.54 Å². The fourth-order valence-electron chi connectivity index (χ4n) is 3.69. The Hall–Kier alpha value is -0.0800. The average molecular weight is 239 g/mol. The van der Waals surface area contributed by atoms with Gasteiger partial charge in [-0.3, -0.25) is 0 Å². The van der Waals surface area contributed by atoms with Crippen LogP contribution in [0.4, 0.5) is 0 Å². The maximum absolute atomic E-state index is 6.72. The topological polar surface area (TPSA) is 35.2 Å². The van der Waals surface area contributed by atoms with Crippen molar-refractivity contribution in [2.24, 2.45) is 23.5 Å². The van der Waals surface area contributed by atoms with Crippen molar-refractivity contribution in [2.75, 3.05) is 13.2 Å². The van der Waals surface area contributed by atoms with Gasteiger partial charge in [-0.2, -0.15) is 0 Å². The van der Waals surface area contributed by atoms with Crippen molar-refractivity contribution in [2.45, 2.75) is 64.3 Å². The summed E-state index contributed by atoms with van der Waals surface area (Å²) in [5.41, 5.74) is 6.79. The van der Waals surface area contributed by atoms with E-state index >= 15 is 0 Å². The molecule has 17 heavy (non-hydrogen) atoms. The normalized spacial score (nSPS) is 40.2. The van der Waals surface area contributed by atoms with Crippen LogP contribution in [-0.4, -0.2) is 18.8 Å². The highest BCUT2D eigenvalue weighted by molar-refractivity contribution is 4.94. The zero-order valence-electron chi connectivity index (χ0n) is 11.6. The van der Waals surface area contributed by atoms with Crippen LogP contribution in [0.15, 0.2) is 0 Å². The lowest BCUT2D eigenvalue weighted by molar-refractivity contribution is 0.0164. The number of hydrogen-bond donors (Lipinski definition) is 1. The summed E-state index contributed by atoms with van der Waals surface area (Å²) in [5.74, 6) is 2.33. The molecule has 100 valence electrons. The molecule has 3 unspecified atom stereocenters. The maximum Gasteiger partial charge on any atom is 0.0511 e. The minimum absolute atomic E-state index is 0.0735. The first-order valence-corrected chi connectivity index (χ1v) is 7.48. The molecule has 1 heterocycles. The fourth-order valence-corrected chi connectivity index (χ4v) is 3.69. The van der Waals surface area contributed by atoms with E-state index in [9.17, 15) is 0 Å². The Labute approximate surface area is 106 Å². The number of hydrogen-bond acceptors (Lipinski definition) is 2. The van der Waals surface area contributed by atoms with Gasteiger partial charge < -0.3 is 10.5 Å². The van der Waals surface area contributed by atoms with Gasteiger partial charge in [-0.25, -0.2) is 0 Å². The van der Waals surface area contributed by atoms with Crippen molar-refractivity contribution in [3.63, 3.8) is 0 Å². The van der Waals surface area contributed by atoms with Crippen LogP contribution < -0.4 is 5.73 Å². The van der Waals surface area contributed by atoms with Crippen LogP contribution in [0.1, 0.15) is 58.8 Å². The third-order valence-corrected chi connectivity index (χ3v) is 5.11. The summed E-state index contributed by atoms with van der Waals surface area (Å²) in [4.78, 5) is 0. The third kappa shape index (κ3) is 3.23. The molecule has 0 bridgehead atoms. The van der Waals surface area contributed by atoms with Gasteiger partial charge in [0.1, 0.15) is 0 Å². The molecular weight excluding hydrogens is 210 g/mol. The predicted molar refractivity (Wildman–Crippen MR) is 71.9 cm³/mol. The molecule has 1 aliphatic carbocycles. The van der Waals surface area contributed by atoms with Crippen molar-refractivity contribution in [3.8, 4) is 0 Å². The Balaban J connectivity index is 1.95. The summed E-state index contributed by atoms with van der Waals surface area (Å²) in [5, 5.41) is 0. The molecule has 2 aliphatic rings. The van der Waals surface area contributed by atoms with Gasteiger partial charge in [0, 0.05) is 18.1 Å². The first kappa shape index (κ1) is 13.4. The van der Waals surface area contributed by atoms with Crippen LogP contribution in [0, 0.1) is 17.8 Å². The van der Waals surface area contributed by atoms with Crippen LogP contribution >= 0.6 is 0 Å². The second kappa shape index (κ2) is 5.71. The molecule has 0 amide bonds. The number of nitrogens with two attached hydrogens (primary N) is 1. The molecule has 3 atom stereocenters. The molecule has 1 aliphatic heterocycles. The minimum Gasteiger partial charge on any atom is -0.381 e. The lowest BCUT2D eigenvalue weighted by Crippen LogP contribution is -2.49. The van der Waals surface area contributed by atoms with Crippen LogP contribution in [0.25, 0.3) is 0 Å². The Morgan fingerprint density at radius 1 is 1.12 bits per heavy atom. The van der Waals surface area contributed by atoms with Gasteiger partial charge in [-0.15, -0.1) is 0 Å². The Morgan fingerprint density at radius 3 is 2.59 bits per heavy atom. The van der Waals surface area contributed by atoms with Gasteiger partial charge in [0.15, 0.2) is 0 Å². The van der Waals surface area contributed by atoms with E-state index in [2.05, 4.69) is 13.8 Å². The maximum atomic E-state index is 6.72. The zero-order chi connectivity index (χ0) is 12.3. The van der Waals surface area contributed by atoms with E-state index in [1.165, 1.54) is 44.9 Å². The van der Waals surface area contributed by atoms with Gasteiger partial charge in [0.2, 0.25) is 0 Å². The standard InChI is InChI=1S/C15H29NO/c1-12(2)13-5-3-8-15(16,9-7-13)14-6-4-10-17-11-14/h12-14H,3-11,16H2,1-2H3. The van der Waals surface area contributed by atoms with E-state index in [4.69, 9.17) is 10.5 Å². The van der Waals surface area contributed by atoms with Gasteiger partial charge in [0.25, 0.3) is 0 Å². The molecule has 2 nitrogen and oxygen atoms in total. The molecule has 0 radical (unpaired) electrons. The highest BCUT2D eigenvalue weighted by Gasteiger charge is 2.38. The van der Waals surface area contributed by atoms with Gasteiger partial charge in [0.05, 0.1) is 6.61 Å². The minimum atomic E-state index is 0.0735. The molecule has 1 saturated heterocycles. The molecule has 0 aromatic heterocycles. The van der Waals surface area contributed by atoms with E-state index in [0.717, 1.165) is 25.0 Å². The Kier molecular flexibility index (Phi) is 4.48. The van der Waals surface area contributed by atoms with E-state index in [1.54, 1.807) is 0 Å². The zero-order valence-corrected chi connectivity index (χ0v) is 11.6. The molecule has 2 N–H and O–H groups in total. The van der Waals surface area contributed by atoms with E-state index < -0.39 is 0 Å². The van der Waals surface area contributed by atoms with Crippen molar-refractivity contribution in [1.82, 2.24) is 0 Å². The summed E-state index contributed by atoms with van der Waals surface area (Å²) >= 11 is 0. The molecular formula is C15H29NO. The van der Waals surface area contributed by atoms with Crippen LogP contribution in [0.2, 0.25) is 0 Å². The lowest BCUT2D eigenvalue weighted by atomic mass is 9.75. The SMILES string of the molecule is CC(C)C1CCCC(N)(C2CCCOC2)CC1. The summed E-state index contributed by atoms with van der Waals surface area (Å²) in [6.45, 7) is 6.57. The summed E-state index contributed by atoms with van der Waals surface area (Å²) in [6.07, 6.45) is 8.93. The fraction of sp³-hybridized carbons (Fsp3) is 1.00. The second-order valence-electron chi connectivity index (χ2n) is 6.58. The van der Waals surface area contributed by atoms with Crippen LogP contribution in [-0.2, 0) is 4.74 Å². The third-order valence-electron chi connectivity index (χ3n) is 5.11. The average Bonchev–Trinajstić information content (AvgIpc) is 2.54. The Bertz CT molecular complexity index is 235. The van der Waals surface area contributed by atoms with Crippen molar-refractivity contribution >= 4 is 0 Å². The molecule has 2 rings (SSSR count). The summed E-state index contributed by atoms with van der Waals surface area (Å²) in [6, 6.07) is 0. The first-order chi connectivity index (χ1) is 8.12. The van der Waals surface area contributed by atoms with E-state index in [1.807, 2.05) is 0 Å². The Morgan fingerprint density at radius 2 is 1.94 bits per heavy atom. The number of rotatable bonds is 2. The largest absolute Gasteiger partial charge is 0.381 e. The van der Waals surface area contributed by atoms with Crippen LogP contribution in [0.3, 0.4) is 0 Å². The van der Waals surface area contributed by atoms with Crippen molar-refractivity contribution in [1.29, 1.82) is 0 Å².